The molecule has 1 unspecified atom stereocenters. The van der Waals surface area contributed by atoms with E-state index in [2.05, 4.69) is 10.4 Å². The van der Waals surface area contributed by atoms with E-state index in [1.807, 2.05) is 0 Å². The number of hydrogen-bond acceptors (Lipinski definition) is 5. The van der Waals surface area contributed by atoms with Crippen LogP contribution in [0.5, 0.6) is 0 Å². The Balaban J connectivity index is 1.75. The molecular formula is C19H15ClN4O4S. The van der Waals surface area contributed by atoms with E-state index in [-0.39, 0.29) is 17.0 Å². The van der Waals surface area contributed by atoms with Gasteiger partial charge in [-0.3, -0.25) is 19.1 Å². The maximum atomic E-state index is 12.9. The molecule has 0 fully saturated rings. The average Bonchev–Trinajstić information content (AvgIpc) is 3.19. The van der Waals surface area contributed by atoms with E-state index in [1.165, 1.54) is 18.2 Å². The van der Waals surface area contributed by atoms with Gasteiger partial charge in [-0.25, -0.2) is 4.68 Å². The molecule has 0 saturated heterocycles. The number of aryl methyl sites for hydroxylation is 1. The molecule has 0 radical (unpaired) electrons. The first-order valence-corrected chi connectivity index (χ1v) is 10.5. The molecule has 1 atom stereocenters. The lowest BCUT2D eigenvalue weighted by molar-refractivity contribution is -0.385. The predicted octanol–water partition coefficient (Wildman–Crippen LogP) is 3.76. The van der Waals surface area contributed by atoms with Crippen LogP contribution in [0.1, 0.15) is 27.2 Å². The third-order valence-electron chi connectivity index (χ3n) is 4.62. The second kappa shape index (κ2) is 7.41. The minimum atomic E-state index is -1.08. The molecule has 1 aromatic heterocycles. The number of benzene rings is 2. The average molecular weight is 431 g/mol. The summed E-state index contributed by atoms with van der Waals surface area (Å²) in [7, 11) is -1.08. The van der Waals surface area contributed by atoms with Crippen LogP contribution in [0.15, 0.2) is 42.5 Å². The lowest BCUT2D eigenvalue weighted by Crippen LogP contribution is -2.17. The Morgan fingerprint density at radius 2 is 2.07 bits per heavy atom. The summed E-state index contributed by atoms with van der Waals surface area (Å²) in [5, 5.41) is 19.0. The van der Waals surface area contributed by atoms with Crippen molar-refractivity contribution in [3.8, 4) is 5.69 Å². The van der Waals surface area contributed by atoms with Crippen LogP contribution in [0.25, 0.3) is 5.69 Å². The van der Waals surface area contributed by atoms with E-state index >= 15 is 0 Å². The van der Waals surface area contributed by atoms with Gasteiger partial charge in [-0.05, 0) is 31.2 Å². The molecular weight excluding hydrogens is 416 g/mol. The summed E-state index contributed by atoms with van der Waals surface area (Å²) in [5.74, 6) is 0.458. The Hall–Kier alpha value is -3.04. The molecule has 0 bridgehead atoms. The maximum absolute atomic E-state index is 12.9. The van der Waals surface area contributed by atoms with Crippen molar-refractivity contribution >= 4 is 39.8 Å². The van der Waals surface area contributed by atoms with Crippen molar-refractivity contribution in [3.63, 3.8) is 0 Å². The van der Waals surface area contributed by atoms with Crippen molar-refractivity contribution in [3.05, 3.63) is 80.0 Å². The molecule has 2 heterocycles. The third-order valence-corrected chi connectivity index (χ3v) is 6.06. The van der Waals surface area contributed by atoms with E-state index in [4.69, 9.17) is 11.6 Å². The number of aromatic nitrogens is 2. The van der Waals surface area contributed by atoms with E-state index in [0.717, 1.165) is 0 Å². The SMILES string of the molecule is Cc1ccc(C(=O)Nc2c3c(nn2-c2cccc(Cl)c2)CS(=O)C3)cc1[N+](=O)[O-]. The van der Waals surface area contributed by atoms with Crippen LogP contribution in [0.4, 0.5) is 11.5 Å². The van der Waals surface area contributed by atoms with E-state index in [0.29, 0.717) is 39.1 Å². The van der Waals surface area contributed by atoms with Gasteiger partial charge in [-0.2, -0.15) is 5.10 Å². The summed E-state index contributed by atoms with van der Waals surface area (Å²) in [4.78, 5) is 23.5. The van der Waals surface area contributed by atoms with Gasteiger partial charge in [0.1, 0.15) is 5.82 Å². The summed E-state index contributed by atoms with van der Waals surface area (Å²) in [6.07, 6.45) is 0. The molecule has 4 rings (SSSR count). The van der Waals surface area contributed by atoms with Gasteiger partial charge in [0.25, 0.3) is 11.6 Å². The van der Waals surface area contributed by atoms with Crippen molar-refractivity contribution in [2.45, 2.75) is 18.4 Å². The zero-order valence-electron chi connectivity index (χ0n) is 15.2. The summed E-state index contributed by atoms with van der Waals surface area (Å²) in [6.45, 7) is 1.61. The highest BCUT2D eigenvalue weighted by atomic mass is 35.5. The van der Waals surface area contributed by atoms with Gasteiger partial charge in [0.05, 0.1) is 27.8 Å². The number of nitrogens with one attached hydrogen (secondary N) is 1. The molecule has 1 aliphatic heterocycles. The number of amides is 1. The smallest absolute Gasteiger partial charge is 0.273 e. The molecule has 148 valence electrons. The minimum absolute atomic E-state index is 0.132. The highest BCUT2D eigenvalue weighted by Crippen LogP contribution is 2.32. The first-order chi connectivity index (χ1) is 13.8. The van der Waals surface area contributed by atoms with Crippen molar-refractivity contribution in [1.29, 1.82) is 0 Å². The van der Waals surface area contributed by atoms with Crippen LogP contribution in [0.3, 0.4) is 0 Å². The Kier molecular flexibility index (Phi) is 4.93. The number of rotatable bonds is 4. The van der Waals surface area contributed by atoms with E-state index < -0.39 is 21.6 Å². The molecule has 1 aliphatic rings. The van der Waals surface area contributed by atoms with E-state index in [1.54, 1.807) is 35.9 Å². The summed E-state index contributed by atoms with van der Waals surface area (Å²) in [6, 6.07) is 11.3. The molecule has 0 spiro atoms. The first kappa shape index (κ1) is 19.3. The van der Waals surface area contributed by atoms with Gasteiger partial charge in [0.2, 0.25) is 0 Å². The highest BCUT2D eigenvalue weighted by Gasteiger charge is 2.29. The minimum Gasteiger partial charge on any atom is -0.306 e. The number of carbonyl (C=O) groups is 1. The van der Waals surface area contributed by atoms with Gasteiger partial charge in [0.15, 0.2) is 0 Å². The summed E-state index contributed by atoms with van der Waals surface area (Å²) >= 11 is 6.09. The monoisotopic (exact) mass is 430 g/mol. The number of nitro benzene ring substituents is 1. The molecule has 2 aromatic carbocycles. The predicted molar refractivity (Wildman–Crippen MR) is 110 cm³/mol. The fourth-order valence-electron chi connectivity index (χ4n) is 3.18. The molecule has 1 amide bonds. The lowest BCUT2D eigenvalue weighted by atomic mass is 10.1. The Morgan fingerprint density at radius 3 is 2.79 bits per heavy atom. The van der Waals surface area contributed by atoms with Gasteiger partial charge in [0, 0.05) is 38.6 Å². The largest absolute Gasteiger partial charge is 0.306 e. The van der Waals surface area contributed by atoms with Crippen molar-refractivity contribution in [2.75, 3.05) is 5.32 Å². The summed E-state index contributed by atoms with van der Waals surface area (Å²) < 4.78 is 13.5. The standard InChI is InChI=1S/C19H15ClN4O4S/c1-11-5-6-12(7-17(11)24(26)27)19(25)21-18-15-9-29(28)10-16(15)22-23(18)14-4-2-3-13(20)8-14/h2-8H,9-10H2,1H3,(H,21,25). The normalized spacial score (nSPS) is 15.2. The number of nitrogens with zero attached hydrogens (tertiary/aromatic N) is 3. The third kappa shape index (κ3) is 3.66. The molecule has 1 N–H and O–H groups in total. The number of hydrogen-bond donors (Lipinski definition) is 1. The number of fused-ring (bicyclic) bond motifs is 1. The fourth-order valence-corrected chi connectivity index (χ4v) is 4.63. The molecule has 0 saturated carbocycles. The zero-order valence-corrected chi connectivity index (χ0v) is 16.8. The number of halogens is 1. The fraction of sp³-hybridized carbons (Fsp3) is 0.158. The number of nitro groups is 1. The molecule has 10 heteroatoms. The van der Waals surface area contributed by atoms with Crippen LogP contribution >= 0.6 is 11.6 Å². The van der Waals surface area contributed by atoms with E-state index in [9.17, 15) is 19.1 Å². The maximum Gasteiger partial charge on any atom is 0.273 e. The van der Waals surface area contributed by atoms with Gasteiger partial charge >= 0.3 is 0 Å². The van der Waals surface area contributed by atoms with Gasteiger partial charge in [-0.1, -0.05) is 23.7 Å². The first-order valence-electron chi connectivity index (χ1n) is 8.61. The van der Waals surface area contributed by atoms with Crippen LogP contribution < -0.4 is 5.32 Å². The van der Waals surface area contributed by atoms with Crippen LogP contribution in [0, 0.1) is 17.0 Å². The lowest BCUT2D eigenvalue weighted by Gasteiger charge is -2.11. The molecule has 3 aromatic rings. The van der Waals surface area contributed by atoms with Crippen molar-refractivity contribution in [2.24, 2.45) is 0 Å². The second-order valence-electron chi connectivity index (χ2n) is 6.61. The Morgan fingerprint density at radius 1 is 1.28 bits per heavy atom. The van der Waals surface area contributed by atoms with Crippen molar-refractivity contribution in [1.82, 2.24) is 9.78 Å². The number of anilines is 1. The van der Waals surface area contributed by atoms with Crippen LogP contribution in [-0.2, 0) is 22.3 Å². The Labute approximate surface area is 173 Å². The molecule has 29 heavy (non-hydrogen) atoms. The zero-order chi connectivity index (χ0) is 20.7. The second-order valence-corrected chi connectivity index (χ2v) is 8.50. The van der Waals surface area contributed by atoms with Crippen LogP contribution in [0.2, 0.25) is 5.02 Å². The quantitative estimate of drug-likeness (QED) is 0.501. The Bertz CT molecular complexity index is 1190. The highest BCUT2D eigenvalue weighted by molar-refractivity contribution is 7.83. The van der Waals surface area contributed by atoms with Gasteiger partial charge in [-0.15, -0.1) is 0 Å². The van der Waals surface area contributed by atoms with Crippen LogP contribution in [-0.4, -0.2) is 24.8 Å². The van der Waals surface area contributed by atoms with Crippen molar-refractivity contribution < 1.29 is 13.9 Å². The number of carbonyl (C=O) groups excluding carboxylic acids is 1. The van der Waals surface area contributed by atoms with Gasteiger partial charge < -0.3 is 5.32 Å². The molecule has 0 aliphatic carbocycles. The topological polar surface area (TPSA) is 107 Å². The summed E-state index contributed by atoms with van der Waals surface area (Å²) in [5.41, 5.74) is 2.46. The molecule has 8 nitrogen and oxygen atoms in total.